The largest absolute Gasteiger partial charge is 3.00 e. The van der Waals surface area contributed by atoms with Crippen molar-refractivity contribution in [3.05, 3.63) is 36.5 Å². The van der Waals surface area contributed by atoms with Crippen LogP contribution in [0.5, 0.6) is 0 Å². The molecule has 522 valence electrons. The molecule has 19 heteroatoms. The Morgan fingerprint density at radius 1 is 0.253 bits per heavy atom. The van der Waals surface area contributed by atoms with Crippen LogP contribution in [0, 0.1) is 0 Å². The van der Waals surface area contributed by atoms with Crippen LogP contribution in [-0.2, 0) is 71.6 Å². The molecule has 0 N–H and O–H groups in total. The van der Waals surface area contributed by atoms with Crippen LogP contribution in [0.1, 0.15) is 332 Å². The molecule has 0 heterocycles. The Labute approximate surface area is 560 Å². The van der Waals surface area contributed by atoms with Crippen LogP contribution < -0.4 is 15.3 Å². The average Bonchev–Trinajstić information content (AvgIpc) is 3.63. The smallest absolute Gasteiger partial charge is 0.546 e. The number of rotatable bonds is 57. The standard InChI is InChI=1S/3C24H42O6.Al/c3*1-4-5-6-7-8-9-10-11-12-13-14-15-16-17-18-19-22(25)29-21(3)24(28)30-20(2)23(26)27;/h3*11-12,20-21H,4-10,13-19H2,1-3H3,(H,26,27);/q;;;+3/p-3/b3*12-11+;. The average molecular weight is 1300 g/mol. The predicted molar refractivity (Wildman–Crippen MR) is 352 cm³/mol. The zero-order chi connectivity index (χ0) is 67.8. The van der Waals surface area contributed by atoms with Gasteiger partial charge in [0.25, 0.3) is 0 Å². The monoisotopic (exact) mass is 1300 g/mol. The summed E-state index contributed by atoms with van der Waals surface area (Å²) in [6, 6.07) is 0. The second-order valence-corrected chi connectivity index (χ2v) is 23.6. The minimum absolute atomic E-state index is 0. The number of carbonyl (C=O) groups is 9. The van der Waals surface area contributed by atoms with Gasteiger partial charge in [0.15, 0.2) is 18.3 Å². The van der Waals surface area contributed by atoms with E-state index in [4.69, 9.17) is 14.2 Å². The topological polar surface area (TPSA) is 278 Å². The number of hydrogen-bond donors (Lipinski definition) is 0. The third-order valence-electron chi connectivity index (χ3n) is 14.7. The summed E-state index contributed by atoms with van der Waals surface area (Å²) in [7, 11) is 0. The molecule has 0 saturated carbocycles. The molecule has 0 rings (SSSR count). The summed E-state index contributed by atoms with van der Waals surface area (Å²) < 4.78 is 28.8. The molecule has 6 atom stereocenters. The molecule has 0 saturated heterocycles. The van der Waals surface area contributed by atoms with E-state index in [1.165, 1.54) is 176 Å². The SMILES string of the molecule is CCCCCCCC/C=C/CCCCCCCC(=O)OC(C)C(=O)OC(C)C(=O)[O-].CCCCCCCC/C=C/CCCCCCCC(=O)OC(C)C(=O)OC(C)C(=O)[O-].CCCCCCCC/C=C/CCCCCCCC(=O)OC(C)C(=O)OC(C)C(=O)[O-].[Al+3]. The number of ether oxygens (including phenoxy) is 6. The quantitative estimate of drug-likeness (QED) is 0.0180. The van der Waals surface area contributed by atoms with E-state index in [2.05, 4.69) is 71.4 Å². The van der Waals surface area contributed by atoms with Crippen LogP contribution in [0.2, 0.25) is 0 Å². The number of unbranched alkanes of at least 4 members (excludes halogenated alkanes) is 33. The Hall–Kier alpha value is -5.02. The van der Waals surface area contributed by atoms with Gasteiger partial charge < -0.3 is 58.1 Å². The molecule has 0 aromatic heterocycles. The number of hydrogen-bond acceptors (Lipinski definition) is 18. The minimum Gasteiger partial charge on any atom is -0.546 e. The van der Waals surface area contributed by atoms with Crippen molar-refractivity contribution in [3.8, 4) is 0 Å². The van der Waals surface area contributed by atoms with E-state index in [0.29, 0.717) is 19.3 Å². The molecule has 0 aliphatic carbocycles. The summed E-state index contributed by atoms with van der Waals surface area (Å²) in [4.78, 5) is 102. The van der Waals surface area contributed by atoms with Crippen LogP contribution >= 0.6 is 0 Å². The van der Waals surface area contributed by atoms with Gasteiger partial charge in [-0.2, -0.15) is 0 Å². The Morgan fingerprint density at radius 3 is 0.593 bits per heavy atom. The van der Waals surface area contributed by atoms with Gasteiger partial charge in [0.1, 0.15) is 18.3 Å². The van der Waals surface area contributed by atoms with Gasteiger partial charge in [-0.15, -0.1) is 0 Å². The van der Waals surface area contributed by atoms with E-state index in [0.717, 1.165) is 96.3 Å². The fourth-order valence-electron chi connectivity index (χ4n) is 8.89. The number of aliphatic carboxylic acids is 3. The van der Waals surface area contributed by atoms with Gasteiger partial charge in [0, 0.05) is 19.3 Å². The minimum atomic E-state index is -1.49. The van der Waals surface area contributed by atoms with Crippen LogP contribution in [-0.4, -0.2) is 108 Å². The van der Waals surface area contributed by atoms with Crippen molar-refractivity contribution >= 4 is 71.1 Å². The molecule has 18 nitrogen and oxygen atoms in total. The molecule has 0 aliphatic heterocycles. The van der Waals surface area contributed by atoms with E-state index in [9.17, 15) is 58.5 Å². The fraction of sp³-hybridized carbons (Fsp3) is 0.792. The summed E-state index contributed by atoms with van der Waals surface area (Å²) in [5, 5.41) is 31.6. The fourth-order valence-corrected chi connectivity index (χ4v) is 8.89. The molecule has 6 unspecified atom stereocenters. The molecule has 0 aromatic rings. The van der Waals surface area contributed by atoms with Crippen LogP contribution in [0.25, 0.3) is 0 Å². The maximum Gasteiger partial charge on any atom is 3.00 e. The summed E-state index contributed by atoms with van der Waals surface area (Å²) in [5.74, 6) is -8.55. The van der Waals surface area contributed by atoms with E-state index in [1.807, 2.05) is 0 Å². The molecular weight excluding hydrogens is 1180 g/mol. The van der Waals surface area contributed by atoms with E-state index < -0.39 is 90.3 Å². The Bertz CT molecular complexity index is 1720. The second kappa shape index (κ2) is 67.9. The molecule has 0 aromatic carbocycles. The first-order valence-electron chi connectivity index (χ1n) is 34.9. The molecule has 0 aliphatic rings. The van der Waals surface area contributed by atoms with Crippen molar-refractivity contribution < 1.29 is 86.9 Å². The number of esters is 6. The predicted octanol–water partition coefficient (Wildman–Crippen LogP) is 13.5. The molecule has 0 spiro atoms. The zero-order valence-electron chi connectivity index (χ0n) is 58.1. The number of carboxylic acid groups (broad SMARTS) is 3. The van der Waals surface area contributed by atoms with E-state index in [-0.39, 0.29) is 36.6 Å². The number of carbonyl (C=O) groups excluding carboxylic acids is 9. The van der Waals surface area contributed by atoms with Gasteiger partial charge in [-0.1, -0.05) is 211 Å². The van der Waals surface area contributed by atoms with Gasteiger partial charge in [0.2, 0.25) is 0 Å². The molecule has 0 amide bonds. The molecule has 0 bridgehead atoms. The maximum atomic E-state index is 11.7. The van der Waals surface area contributed by atoms with Crippen molar-refractivity contribution in [2.75, 3.05) is 0 Å². The van der Waals surface area contributed by atoms with Gasteiger partial charge in [-0.25, -0.2) is 14.4 Å². The van der Waals surface area contributed by atoms with Gasteiger partial charge >= 0.3 is 53.2 Å². The Kier molecular flexibility index (Phi) is 68.9. The molecular formula is C72H123AlO18. The van der Waals surface area contributed by atoms with Crippen LogP contribution in [0.15, 0.2) is 36.5 Å². The first-order valence-corrected chi connectivity index (χ1v) is 34.9. The number of carboxylic acids is 3. The first kappa shape index (κ1) is 92.4. The van der Waals surface area contributed by atoms with Crippen LogP contribution in [0.4, 0.5) is 0 Å². The van der Waals surface area contributed by atoms with Gasteiger partial charge in [0.05, 0.1) is 17.9 Å². The van der Waals surface area contributed by atoms with Crippen molar-refractivity contribution in [1.82, 2.24) is 0 Å². The second-order valence-electron chi connectivity index (χ2n) is 23.6. The first-order chi connectivity index (χ1) is 43.1. The summed E-state index contributed by atoms with van der Waals surface area (Å²) in [6.45, 7) is 14.4. The third-order valence-corrected chi connectivity index (χ3v) is 14.7. The Morgan fingerprint density at radius 2 is 0.418 bits per heavy atom. The summed E-state index contributed by atoms with van der Waals surface area (Å²) in [5.41, 5.74) is 0. The van der Waals surface area contributed by atoms with Crippen molar-refractivity contribution in [3.63, 3.8) is 0 Å². The molecule has 91 heavy (non-hydrogen) atoms. The number of allylic oxidation sites excluding steroid dienone is 6. The van der Waals surface area contributed by atoms with Gasteiger partial charge in [-0.05, 0) is 138 Å². The normalized spacial score (nSPS) is 13.0. The van der Waals surface area contributed by atoms with Crippen molar-refractivity contribution in [2.45, 2.75) is 369 Å². The van der Waals surface area contributed by atoms with Crippen molar-refractivity contribution in [2.24, 2.45) is 0 Å². The molecule has 0 radical (unpaired) electrons. The maximum absolute atomic E-state index is 11.7. The van der Waals surface area contributed by atoms with E-state index >= 15 is 0 Å². The summed E-state index contributed by atoms with van der Waals surface area (Å²) >= 11 is 0. The summed E-state index contributed by atoms with van der Waals surface area (Å²) in [6.07, 6.45) is 53.0. The Balaban J connectivity index is -0.000000620. The van der Waals surface area contributed by atoms with Crippen molar-refractivity contribution in [1.29, 1.82) is 0 Å². The van der Waals surface area contributed by atoms with Crippen LogP contribution in [0.3, 0.4) is 0 Å². The van der Waals surface area contributed by atoms with E-state index in [1.54, 1.807) is 0 Å². The third kappa shape index (κ3) is 66.3. The van der Waals surface area contributed by atoms with Gasteiger partial charge in [-0.3, -0.25) is 14.4 Å². The molecule has 0 fully saturated rings. The zero-order valence-corrected chi connectivity index (χ0v) is 59.2.